The molecule has 0 saturated carbocycles. The third-order valence-corrected chi connectivity index (χ3v) is 5.52. The van der Waals surface area contributed by atoms with Crippen molar-refractivity contribution in [1.29, 1.82) is 0 Å². The lowest BCUT2D eigenvalue weighted by Crippen LogP contribution is -2.37. The molecule has 1 heterocycles. The van der Waals surface area contributed by atoms with Gasteiger partial charge in [0.15, 0.2) is 10.8 Å². The van der Waals surface area contributed by atoms with Crippen LogP contribution in [0.5, 0.6) is 0 Å². The number of rotatable bonds is 7. The fourth-order valence-corrected chi connectivity index (χ4v) is 4.10. The van der Waals surface area contributed by atoms with Crippen LogP contribution in [0.3, 0.4) is 0 Å². The number of carbonyl (C=O) groups excluding carboxylic acids is 1. The number of carbonyl (C=O) groups is 2. The molecule has 1 aromatic heterocycles. The summed E-state index contributed by atoms with van der Waals surface area (Å²) in [5, 5.41) is 10.00. The SMILES string of the molecule is CC(C)(C)OC(=O)N(CCCc1ccccc1)c1nc(C(=O)O)c(-c2ccccc2)s1. The predicted molar refractivity (Wildman–Crippen MR) is 123 cm³/mol. The summed E-state index contributed by atoms with van der Waals surface area (Å²) in [5.74, 6) is -1.13. The quantitative estimate of drug-likeness (QED) is 0.498. The average Bonchev–Trinajstić information content (AvgIpc) is 3.17. The minimum absolute atomic E-state index is 0.0668. The molecule has 0 atom stereocenters. The van der Waals surface area contributed by atoms with Crippen molar-refractivity contribution in [2.45, 2.75) is 39.2 Å². The van der Waals surface area contributed by atoms with Gasteiger partial charge >= 0.3 is 12.1 Å². The highest BCUT2D eigenvalue weighted by Crippen LogP contribution is 2.35. The number of carboxylic acid groups (broad SMARTS) is 1. The van der Waals surface area contributed by atoms with Crippen molar-refractivity contribution in [3.63, 3.8) is 0 Å². The van der Waals surface area contributed by atoms with Crippen LogP contribution >= 0.6 is 11.3 Å². The Morgan fingerprint density at radius 2 is 1.65 bits per heavy atom. The van der Waals surface area contributed by atoms with E-state index in [-0.39, 0.29) is 5.69 Å². The van der Waals surface area contributed by atoms with Gasteiger partial charge in [0.05, 0.1) is 4.88 Å². The van der Waals surface area contributed by atoms with E-state index in [1.54, 1.807) is 20.8 Å². The monoisotopic (exact) mass is 438 g/mol. The molecule has 3 rings (SSSR count). The van der Waals surface area contributed by atoms with E-state index in [0.717, 1.165) is 12.0 Å². The van der Waals surface area contributed by atoms with Gasteiger partial charge in [0.25, 0.3) is 0 Å². The lowest BCUT2D eigenvalue weighted by atomic mass is 10.1. The highest BCUT2D eigenvalue weighted by molar-refractivity contribution is 7.19. The van der Waals surface area contributed by atoms with E-state index in [1.165, 1.54) is 21.8 Å². The summed E-state index contributed by atoms with van der Waals surface area (Å²) in [7, 11) is 0. The van der Waals surface area contributed by atoms with Gasteiger partial charge in [-0.3, -0.25) is 4.90 Å². The van der Waals surface area contributed by atoms with Crippen molar-refractivity contribution in [1.82, 2.24) is 4.98 Å². The van der Waals surface area contributed by atoms with Crippen molar-refractivity contribution >= 4 is 28.5 Å². The first-order chi connectivity index (χ1) is 14.7. The molecular weight excluding hydrogens is 412 g/mol. The zero-order valence-electron chi connectivity index (χ0n) is 17.9. The molecule has 0 aliphatic carbocycles. The number of benzene rings is 2. The normalized spacial score (nSPS) is 11.2. The third kappa shape index (κ3) is 6.15. The Morgan fingerprint density at radius 3 is 2.23 bits per heavy atom. The maximum Gasteiger partial charge on any atom is 0.416 e. The number of nitrogens with zero attached hydrogens (tertiary/aromatic N) is 2. The van der Waals surface area contributed by atoms with Crippen molar-refractivity contribution < 1.29 is 19.4 Å². The van der Waals surface area contributed by atoms with Crippen LogP contribution in [0, 0.1) is 0 Å². The summed E-state index contributed by atoms with van der Waals surface area (Å²) < 4.78 is 5.58. The molecule has 0 radical (unpaired) electrons. The standard InChI is InChI=1S/C24H26N2O4S/c1-24(2,3)30-23(29)26(16-10-13-17-11-6-4-7-12-17)22-25-19(21(27)28)20(31-22)18-14-8-5-9-15-18/h4-9,11-12,14-15H,10,13,16H2,1-3H3,(H,27,28). The number of aryl methyl sites for hydroxylation is 1. The fourth-order valence-electron chi connectivity index (χ4n) is 3.02. The van der Waals surface area contributed by atoms with Gasteiger partial charge in [-0.15, -0.1) is 0 Å². The largest absolute Gasteiger partial charge is 0.476 e. The van der Waals surface area contributed by atoms with Gasteiger partial charge in [0.2, 0.25) is 0 Å². The molecule has 0 saturated heterocycles. The molecule has 1 N–H and O–H groups in total. The number of anilines is 1. The first kappa shape index (κ1) is 22.5. The number of aromatic nitrogens is 1. The summed E-state index contributed by atoms with van der Waals surface area (Å²) >= 11 is 1.18. The van der Waals surface area contributed by atoms with E-state index in [1.807, 2.05) is 60.7 Å². The van der Waals surface area contributed by atoms with Gasteiger partial charge in [0.1, 0.15) is 5.60 Å². The molecular formula is C24H26N2O4S. The Morgan fingerprint density at radius 1 is 1.03 bits per heavy atom. The minimum Gasteiger partial charge on any atom is -0.476 e. The maximum absolute atomic E-state index is 13.0. The number of carboxylic acids is 1. The molecule has 0 fully saturated rings. The van der Waals surface area contributed by atoms with E-state index < -0.39 is 17.7 Å². The van der Waals surface area contributed by atoms with Gasteiger partial charge in [0, 0.05) is 6.54 Å². The Kier molecular flexibility index (Phi) is 7.07. The van der Waals surface area contributed by atoms with Crippen LogP contribution in [0.4, 0.5) is 9.93 Å². The molecule has 7 heteroatoms. The molecule has 0 aliphatic heterocycles. The summed E-state index contributed by atoms with van der Waals surface area (Å²) in [4.78, 5) is 31.1. The number of aromatic carboxylic acids is 1. The smallest absolute Gasteiger partial charge is 0.416 e. The third-order valence-electron chi connectivity index (χ3n) is 4.39. The fraction of sp³-hybridized carbons (Fsp3) is 0.292. The summed E-state index contributed by atoms with van der Waals surface area (Å²) in [6.45, 7) is 5.76. The average molecular weight is 439 g/mol. The zero-order chi connectivity index (χ0) is 22.4. The molecule has 0 aliphatic rings. The van der Waals surface area contributed by atoms with Gasteiger partial charge in [-0.25, -0.2) is 14.6 Å². The summed E-state index contributed by atoms with van der Waals surface area (Å²) in [6.07, 6.45) is 0.931. The van der Waals surface area contributed by atoms with Gasteiger partial charge in [-0.05, 0) is 44.7 Å². The minimum atomic E-state index is -1.13. The highest BCUT2D eigenvalue weighted by Gasteiger charge is 2.28. The van der Waals surface area contributed by atoms with Crippen molar-refractivity contribution in [3.05, 3.63) is 71.9 Å². The highest BCUT2D eigenvalue weighted by atomic mass is 32.1. The second-order valence-electron chi connectivity index (χ2n) is 8.07. The number of thiazole rings is 1. The second-order valence-corrected chi connectivity index (χ2v) is 9.04. The molecule has 0 unspecified atom stereocenters. The molecule has 0 bridgehead atoms. The van der Waals surface area contributed by atoms with E-state index in [4.69, 9.17) is 4.74 Å². The molecule has 3 aromatic rings. The van der Waals surface area contributed by atoms with Gasteiger partial charge in [-0.1, -0.05) is 72.0 Å². The van der Waals surface area contributed by atoms with Crippen LogP contribution in [0.15, 0.2) is 60.7 Å². The van der Waals surface area contributed by atoms with Crippen molar-refractivity contribution in [2.75, 3.05) is 11.4 Å². The Bertz CT molecular complexity index is 1030. The lowest BCUT2D eigenvalue weighted by molar-refractivity contribution is 0.0577. The van der Waals surface area contributed by atoms with Gasteiger partial charge < -0.3 is 9.84 Å². The molecule has 0 spiro atoms. The summed E-state index contributed by atoms with van der Waals surface area (Å²) in [5.41, 5.74) is 1.17. The first-order valence-electron chi connectivity index (χ1n) is 10.1. The van der Waals surface area contributed by atoms with E-state index in [0.29, 0.717) is 23.0 Å². The Balaban J connectivity index is 1.90. The van der Waals surface area contributed by atoms with Crippen LogP contribution in [-0.4, -0.2) is 34.3 Å². The lowest BCUT2D eigenvalue weighted by Gasteiger charge is -2.25. The predicted octanol–water partition coefficient (Wildman–Crippen LogP) is 5.88. The number of amides is 1. The molecule has 2 aromatic carbocycles. The molecule has 6 nitrogen and oxygen atoms in total. The number of hydrogen-bond acceptors (Lipinski definition) is 5. The molecule has 1 amide bonds. The number of ether oxygens (including phenoxy) is 1. The second kappa shape index (κ2) is 9.75. The van der Waals surface area contributed by atoms with Crippen molar-refractivity contribution in [2.24, 2.45) is 0 Å². The molecule has 162 valence electrons. The van der Waals surface area contributed by atoms with Crippen LogP contribution in [-0.2, 0) is 11.2 Å². The first-order valence-corrected chi connectivity index (χ1v) is 10.9. The maximum atomic E-state index is 13.0. The Hall–Kier alpha value is -3.19. The van der Waals surface area contributed by atoms with Crippen LogP contribution in [0.25, 0.3) is 10.4 Å². The topological polar surface area (TPSA) is 79.7 Å². The van der Waals surface area contributed by atoms with E-state index in [9.17, 15) is 14.7 Å². The Labute approximate surface area is 186 Å². The summed E-state index contributed by atoms with van der Waals surface area (Å²) in [6, 6.07) is 19.2. The van der Waals surface area contributed by atoms with Crippen LogP contribution in [0.2, 0.25) is 0 Å². The van der Waals surface area contributed by atoms with Crippen molar-refractivity contribution in [3.8, 4) is 10.4 Å². The molecule has 31 heavy (non-hydrogen) atoms. The van der Waals surface area contributed by atoms with Crippen LogP contribution in [0.1, 0.15) is 43.2 Å². The zero-order valence-corrected chi connectivity index (χ0v) is 18.7. The number of hydrogen-bond donors (Lipinski definition) is 1. The van der Waals surface area contributed by atoms with Gasteiger partial charge in [-0.2, -0.15) is 0 Å². The van der Waals surface area contributed by atoms with E-state index in [2.05, 4.69) is 4.98 Å². The van der Waals surface area contributed by atoms with E-state index >= 15 is 0 Å². The van der Waals surface area contributed by atoms with Crippen LogP contribution < -0.4 is 4.90 Å².